The second-order valence-electron chi connectivity index (χ2n) is 9.80. The number of amides is 3. The number of fused-ring (bicyclic) bond motifs is 1. The molecule has 3 N–H and O–H groups in total. The first-order valence-electron chi connectivity index (χ1n) is 13.9. The Balaban J connectivity index is 1.21. The van der Waals surface area contributed by atoms with Crippen LogP contribution in [0.25, 0.3) is 16.3 Å². The van der Waals surface area contributed by atoms with E-state index in [1.54, 1.807) is 36.4 Å². The maximum atomic E-state index is 13.6. The van der Waals surface area contributed by atoms with E-state index in [1.807, 2.05) is 95.7 Å². The van der Waals surface area contributed by atoms with Gasteiger partial charge in [0.15, 0.2) is 5.13 Å². The van der Waals surface area contributed by atoms with Gasteiger partial charge >= 0.3 is 0 Å². The van der Waals surface area contributed by atoms with Crippen molar-refractivity contribution in [1.82, 2.24) is 10.3 Å². The van der Waals surface area contributed by atoms with Gasteiger partial charge in [-0.15, -0.1) is 11.8 Å². The summed E-state index contributed by atoms with van der Waals surface area (Å²) in [6.07, 6.45) is 1.64. The van der Waals surface area contributed by atoms with Crippen LogP contribution in [0.2, 0.25) is 0 Å². The van der Waals surface area contributed by atoms with Crippen LogP contribution in [-0.4, -0.2) is 22.7 Å². The molecule has 10 heteroatoms. The summed E-state index contributed by atoms with van der Waals surface area (Å²) in [5.41, 5.74) is 3.53. The summed E-state index contributed by atoms with van der Waals surface area (Å²) >= 11 is 4.29. The Morgan fingerprint density at radius 2 is 1.56 bits per heavy atom. The molecule has 7 nitrogen and oxygen atoms in total. The fraction of sp³-hybridized carbons (Fsp3) is 0.0286. The first-order valence-corrected chi connectivity index (χ1v) is 16.6. The van der Waals surface area contributed by atoms with Gasteiger partial charge in [-0.25, -0.2) is 4.98 Å². The zero-order valence-corrected chi connectivity index (χ0v) is 26.1. The molecule has 2 heterocycles. The van der Waals surface area contributed by atoms with Gasteiger partial charge in [0.05, 0.1) is 10.2 Å². The van der Waals surface area contributed by atoms with E-state index in [9.17, 15) is 14.4 Å². The van der Waals surface area contributed by atoms with Gasteiger partial charge in [0.1, 0.15) is 10.9 Å². The number of hydrogen-bond donors (Lipinski definition) is 3. The second kappa shape index (κ2) is 14.2. The van der Waals surface area contributed by atoms with E-state index in [-0.39, 0.29) is 17.5 Å². The molecule has 45 heavy (non-hydrogen) atoms. The first-order chi connectivity index (χ1) is 22.0. The van der Waals surface area contributed by atoms with E-state index in [0.29, 0.717) is 16.4 Å². The van der Waals surface area contributed by atoms with E-state index in [1.165, 1.54) is 34.4 Å². The van der Waals surface area contributed by atoms with E-state index >= 15 is 0 Å². The average molecular weight is 647 g/mol. The number of nitrogens with zero attached hydrogens (tertiary/aromatic N) is 1. The molecule has 0 fully saturated rings. The molecule has 6 aromatic rings. The SMILES string of the molecule is O=C(Nc1cccc(SC(C(=O)Nc2nc3ccccc3s2)c2ccccc2)c1)/C(=C/c1ccsc1)NC(=O)c1ccccc1. The molecule has 0 spiro atoms. The summed E-state index contributed by atoms with van der Waals surface area (Å²) in [6.45, 7) is 0. The van der Waals surface area contributed by atoms with Crippen molar-refractivity contribution >= 4 is 79.3 Å². The number of para-hydroxylation sites is 1. The van der Waals surface area contributed by atoms with Crippen molar-refractivity contribution in [1.29, 1.82) is 0 Å². The lowest BCUT2D eigenvalue weighted by Crippen LogP contribution is -2.30. The van der Waals surface area contributed by atoms with Crippen LogP contribution in [0.15, 0.2) is 137 Å². The normalized spacial score (nSPS) is 12.0. The third-order valence-electron chi connectivity index (χ3n) is 6.59. The molecule has 1 atom stereocenters. The van der Waals surface area contributed by atoms with Crippen LogP contribution in [-0.2, 0) is 9.59 Å². The van der Waals surface area contributed by atoms with Gasteiger partial charge < -0.3 is 16.0 Å². The summed E-state index contributed by atoms with van der Waals surface area (Å²) in [5.74, 6) is -1.06. The van der Waals surface area contributed by atoms with Crippen LogP contribution in [0.4, 0.5) is 10.8 Å². The third kappa shape index (κ3) is 7.74. The lowest BCUT2D eigenvalue weighted by atomic mass is 10.1. The minimum atomic E-state index is -0.580. The van der Waals surface area contributed by atoms with Crippen molar-refractivity contribution in [3.05, 3.63) is 148 Å². The van der Waals surface area contributed by atoms with Crippen LogP contribution < -0.4 is 16.0 Å². The number of thiazole rings is 1. The van der Waals surface area contributed by atoms with Crippen LogP contribution >= 0.6 is 34.4 Å². The second-order valence-corrected chi connectivity index (χ2v) is 12.8. The van der Waals surface area contributed by atoms with Gasteiger partial charge in [0.2, 0.25) is 5.91 Å². The van der Waals surface area contributed by atoms with Crippen LogP contribution in [0.1, 0.15) is 26.7 Å². The summed E-state index contributed by atoms with van der Waals surface area (Å²) in [5, 5.41) is 12.4. The Morgan fingerprint density at radius 3 is 2.31 bits per heavy atom. The summed E-state index contributed by atoms with van der Waals surface area (Å²) < 4.78 is 0.993. The minimum absolute atomic E-state index is 0.109. The van der Waals surface area contributed by atoms with Gasteiger partial charge in [0.25, 0.3) is 11.8 Å². The first kappa shape index (κ1) is 30.0. The molecule has 0 aliphatic rings. The third-order valence-corrected chi connectivity index (χ3v) is 9.49. The van der Waals surface area contributed by atoms with Crippen molar-refractivity contribution < 1.29 is 14.4 Å². The fourth-order valence-corrected chi connectivity index (χ4v) is 7.02. The molecule has 0 bridgehead atoms. The number of nitrogens with one attached hydrogen (secondary N) is 3. The van der Waals surface area contributed by atoms with Gasteiger partial charge in [-0.2, -0.15) is 11.3 Å². The highest BCUT2D eigenvalue weighted by Crippen LogP contribution is 2.38. The van der Waals surface area contributed by atoms with Gasteiger partial charge in [-0.1, -0.05) is 78.1 Å². The number of benzene rings is 4. The quantitative estimate of drug-likeness (QED) is 0.103. The minimum Gasteiger partial charge on any atom is -0.321 e. The van der Waals surface area contributed by atoms with Gasteiger partial charge in [-0.3, -0.25) is 14.4 Å². The molecule has 0 aliphatic carbocycles. The highest BCUT2D eigenvalue weighted by Gasteiger charge is 2.24. The molecule has 3 amide bonds. The molecule has 222 valence electrons. The standard InChI is InChI=1S/C35H26N4O3S3/c40-32(25-12-5-2-6-13-25)37-29(20-23-18-19-43-22-23)33(41)36-26-14-9-15-27(21-26)44-31(24-10-3-1-4-11-24)34(42)39-35-38-28-16-7-8-17-30(28)45-35/h1-22,31H,(H,36,41)(H,37,40)(H,38,39,42)/b29-20-. The number of thiophene rings is 1. The molecular formula is C35H26N4O3S3. The summed E-state index contributed by atoms with van der Waals surface area (Å²) in [4.78, 5) is 45.4. The van der Waals surface area contributed by atoms with E-state index < -0.39 is 11.2 Å². The van der Waals surface area contributed by atoms with Crippen molar-refractivity contribution in [3.8, 4) is 0 Å². The average Bonchev–Trinajstić information content (AvgIpc) is 3.74. The van der Waals surface area contributed by atoms with E-state index in [0.717, 1.165) is 26.2 Å². The van der Waals surface area contributed by atoms with E-state index in [4.69, 9.17) is 0 Å². The van der Waals surface area contributed by atoms with Crippen LogP contribution in [0.5, 0.6) is 0 Å². The highest BCUT2D eigenvalue weighted by atomic mass is 32.2. The summed E-state index contributed by atoms with van der Waals surface area (Å²) in [7, 11) is 0. The lowest BCUT2D eigenvalue weighted by molar-refractivity contribution is -0.116. The Morgan fingerprint density at radius 1 is 0.800 bits per heavy atom. The number of carbonyl (C=O) groups is 3. The van der Waals surface area contributed by atoms with E-state index in [2.05, 4.69) is 20.9 Å². The number of thioether (sulfide) groups is 1. The maximum absolute atomic E-state index is 13.6. The molecule has 1 unspecified atom stereocenters. The number of hydrogen-bond acceptors (Lipinski definition) is 7. The zero-order valence-electron chi connectivity index (χ0n) is 23.7. The summed E-state index contributed by atoms with van der Waals surface area (Å²) in [6, 6.07) is 35.2. The molecule has 6 rings (SSSR count). The molecule has 0 radical (unpaired) electrons. The fourth-order valence-electron chi connectivity index (χ4n) is 4.45. The molecular weight excluding hydrogens is 621 g/mol. The number of anilines is 2. The Hall–Kier alpha value is -5.03. The number of rotatable bonds is 10. The smallest absolute Gasteiger partial charge is 0.272 e. The van der Waals surface area contributed by atoms with Gasteiger partial charge in [0, 0.05) is 16.1 Å². The van der Waals surface area contributed by atoms with Crippen molar-refractivity contribution in [2.75, 3.05) is 10.6 Å². The Kier molecular flexibility index (Phi) is 9.45. The zero-order chi connectivity index (χ0) is 31.0. The predicted octanol–water partition coefficient (Wildman–Crippen LogP) is 8.24. The molecule has 4 aromatic carbocycles. The Labute approximate surface area is 272 Å². The maximum Gasteiger partial charge on any atom is 0.272 e. The van der Waals surface area contributed by atoms with Crippen LogP contribution in [0.3, 0.4) is 0 Å². The van der Waals surface area contributed by atoms with Crippen molar-refractivity contribution in [3.63, 3.8) is 0 Å². The molecule has 0 saturated heterocycles. The molecule has 0 aliphatic heterocycles. The van der Waals surface area contributed by atoms with Crippen molar-refractivity contribution in [2.24, 2.45) is 0 Å². The molecule has 2 aromatic heterocycles. The highest BCUT2D eigenvalue weighted by molar-refractivity contribution is 8.00. The van der Waals surface area contributed by atoms with Crippen LogP contribution in [0, 0.1) is 0 Å². The predicted molar refractivity (Wildman–Crippen MR) is 185 cm³/mol. The monoisotopic (exact) mass is 646 g/mol. The lowest BCUT2D eigenvalue weighted by Gasteiger charge is -2.17. The number of carbonyl (C=O) groups excluding carboxylic acids is 3. The number of aromatic nitrogens is 1. The van der Waals surface area contributed by atoms with Crippen molar-refractivity contribution in [2.45, 2.75) is 10.1 Å². The largest absolute Gasteiger partial charge is 0.321 e. The topological polar surface area (TPSA) is 100 Å². The Bertz CT molecular complexity index is 1940. The molecule has 0 saturated carbocycles. The van der Waals surface area contributed by atoms with Gasteiger partial charge in [-0.05, 0) is 76.5 Å².